The van der Waals surface area contributed by atoms with Gasteiger partial charge in [0.1, 0.15) is 17.4 Å². The summed E-state index contributed by atoms with van der Waals surface area (Å²) in [5, 5.41) is 13.3. The van der Waals surface area contributed by atoms with E-state index >= 15 is 0 Å². The SMILES string of the molecule is COc1ccc(C=C(C#N)C(=O)NCCc2c[nH]c3ccccc23)cc1C. The van der Waals surface area contributed by atoms with Gasteiger partial charge in [-0.3, -0.25) is 4.79 Å². The van der Waals surface area contributed by atoms with Crippen LogP contribution in [0.25, 0.3) is 17.0 Å². The predicted molar refractivity (Wildman–Crippen MR) is 106 cm³/mol. The number of rotatable bonds is 6. The van der Waals surface area contributed by atoms with Crippen molar-refractivity contribution in [2.24, 2.45) is 0 Å². The summed E-state index contributed by atoms with van der Waals surface area (Å²) in [7, 11) is 1.61. The highest BCUT2D eigenvalue weighted by Crippen LogP contribution is 2.20. The first kappa shape index (κ1) is 18.3. The van der Waals surface area contributed by atoms with E-state index in [0.29, 0.717) is 13.0 Å². The number of nitrogens with zero attached hydrogens (tertiary/aromatic N) is 1. The number of aromatic amines is 1. The molecule has 3 aromatic rings. The molecule has 0 aliphatic heterocycles. The van der Waals surface area contributed by atoms with Gasteiger partial charge in [0.15, 0.2) is 0 Å². The number of aryl methyl sites for hydroxylation is 1. The monoisotopic (exact) mass is 359 g/mol. The summed E-state index contributed by atoms with van der Waals surface area (Å²) in [5.74, 6) is 0.402. The summed E-state index contributed by atoms with van der Waals surface area (Å²) in [6, 6.07) is 15.6. The third-order valence-electron chi connectivity index (χ3n) is 4.45. The maximum atomic E-state index is 12.3. The summed E-state index contributed by atoms with van der Waals surface area (Å²) < 4.78 is 5.23. The fourth-order valence-corrected chi connectivity index (χ4v) is 3.05. The van der Waals surface area contributed by atoms with Crippen molar-refractivity contribution in [1.29, 1.82) is 5.26 Å². The molecule has 1 amide bonds. The molecule has 2 aromatic carbocycles. The van der Waals surface area contributed by atoms with Crippen LogP contribution < -0.4 is 10.1 Å². The number of hydrogen-bond donors (Lipinski definition) is 2. The third kappa shape index (κ3) is 4.18. The molecule has 0 atom stereocenters. The molecule has 0 saturated heterocycles. The maximum Gasteiger partial charge on any atom is 0.261 e. The molecule has 1 heterocycles. The van der Waals surface area contributed by atoms with Gasteiger partial charge in [0.25, 0.3) is 5.91 Å². The summed E-state index contributed by atoms with van der Waals surface area (Å²) in [6.45, 7) is 2.38. The zero-order valence-electron chi connectivity index (χ0n) is 15.4. The Morgan fingerprint density at radius 2 is 2.11 bits per heavy atom. The number of fused-ring (bicyclic) bond motifs is 1. The zero-order chi connectivity index (χ0) is 19.2. The number of methoxy groups -OCH3 is 1. The van der Waals surface area contributed by atoms with Crippen LogP contribution in [0, 0.1) is 18.3 Å². The van der Waals surface area contributed by atoms with E-state index in [1.54, 1.807) is 13.2 Å². The van der Waals surface area contributed by atoms with Crippen molar-refractivity contribution >= 4 is 22.9 Å². The quantitative estimate of drug-likeness (QED) is 0.520. The van der Waals surface area contributed by atoms with Crippen LogP contribution in [0.2, 0.25) is 0 Å². The van der Waals surface area contributed by atoms with E-state index in [2.05, 4.69) is 16.4 Å². The summed E-state index contributed by atoms with van der Waals surface area (Å²) in [4.78, 5) is 15.6. The van der Waals surface area contributed by atoms with Gasteiger partial charge in [0.2, 0.25) is 0 Å². The van der Waals surface area contributed by atoms with E-state index in [4.69, 9.17) is 4.74 Å². The van der Waals surface area contributed by atoms with Crippen molar-refractivity contribution in [2.45, 2.75) is 13.3 Å². The van der Waals surface area contributed by atoms with E-state index in [1.165, 1.54) is 0 Å². The number of amides is 1. The van der Waals surface area contributed by atoms with E-state index in [-0.39, 0.29) is 11.5 Å². The third-order valence-corrected chi connectivity index (χ3v) is 4.45. The average molecular weight is 359 g/mol. The Morgan fingerprint density at radius 3 is 2.85 bits per heavy atom. The fourth-order valence-electron chi connectivity index (χ4n) is 3.05. The van der Waals surface area contributed by atoms with Gasteiger partial charge in [0, 0.05) is 23.6 Å². The number of aromatic nitrogens is 1. The normalized spacial score (nSPS) is 11.2. The van der Waals surface area contributed by atoms with E-state index in [9.17, 15) is 10.1 Å². The van der Waals surface area contributed by atoms with E-state index in [0.717, 1.165) is 33.3 Å². The van der Waals surface area contributed by atoms with Gasteiger partial charge in [-0.15, -0.1) is 0 Å². The minimum Gasteiger partial charge on any atom is -0.496 e. The van der Waals surface area contributed by atoms with Crippen molar-refractivity contribution in [3.63, 3.8) is 0 Å². The van der Waals surface area contributed by atoms with Crippen molar-refractivity contribution in [3.8, 4) is 11.8 Å². The molecule has 5 nitrogen and oxygen atoms in total. The largest absolute Gasteiger partial charge is 0.496 e. The Labute approximate surface area is 158 Å². The van der Waals surface area contributed by atoms with Gasteiger partial charge >= 0.3 is 0 Å². The summed E-state index contributed by atoms with van der Waals surface area (Å²) in [6.07, 6.45) is 4.24. The summed E-state index contributed by atoms with van der Waals surface area (Å²) >= 11 is 0. The minimum absolute atomic E-state index is 0.0819. The number of carbonyl (C=O) groups is 1. The Hall–Kier alpha value is -3.52. The zero-order valence-corrected chi connectivity index (χ0v) is 15.4. The van der Waals surface area contributed by atoms with Crippen molar-refractivity contribution < 1.29 is 9.53 Å². The smallest absolute Gasteiger partial charge is 0.261 e. The highest BCUT2D eigenvalue weighted by molar-refractivity contribution is 6.01. The molecule has 0 fully saturated rings. The lowest BCUT2D eigenvalue weighted by molar-refractivity contribution is -0.117. The van der Waals surface area contributed by atoms with Crippen LogP contribution in [0.5, 0.6) is 5.75 Å². The molecule has 5 heteroatoms. The summed E-state index contributed by atoms with van der Waals surface area (Å²) in [5.41, 5.74) is 4.03. The standard InChI is InChI=1S/C22H21N3O2/c1-15-11-16(7-8-21(15)27-2)12-18(13-23)22(26)24-10-9-17-14-25-20-6-4-3-5-19(17)20/h3-8,11-12,14,25H,9-10H2,1-2H3,(H,24,26). The number of H-pyrrole nitrogens is 1. The molecular formula is C22H21N3O2. The van der Waals surface area contributed by atoms with Gasteiger partial charge in [-0.1, -0.05) is 24.3 Å². The van der Waals surface area contributed by atoms with Crippen LogP contribution in [-0.4, -0.2) is 24.5 Å². The number of hydrogen-bond acceptors (Lipinski definition) is 3. The van der Waals surface area contributed by atoms with Crippen LogP contribution in [0.3, 0.4) is 0 Å². The van der Waals surface area contributed by atoms with Gasteiger partial charge in [-0.05, 0) is 54.3 Å². The molecule has 0 aliphatic carbocycles. The van der Waals surface area contributed by atoms with Gasteiger partial charge in [0.05, 0.1) is 7.11 Å². The maximum absolute atomic E-state index is 12.3. The minimum atomic E-state index is -0.370. The second kappa shape index (κ2) is 8.24. The van der Waals surface area contributed by atoms with E-state index < -0.39 is 0 Å². The first-order valence-corrected chi connectivity index (χ1v) is 8.72. The predicted octanol–water partition coefficient (Wildman–Crippen LogP) is 3.75. The number of ether oxygens (including phenoxy) is 1. The van der Waals surface area contributed by atoms with Crippen LogP contribution in [0.1, 0.15) is 16.7 Å². The lowest BCUT2D eigenvalue weighted by Crippen LogP contribution is -2.26. The van der Waals surface area contributed by atoms with E-state index in [1.807, 2.05) is 55.6 Å². The molecule has 27 heavy (non-hydrogen) atoms. The lowest BCUT2D eigenvalue weighted by atomic mass is 10.1. The molecule has 1 aromatic heterocycles. The average Bonchev–Trinajstić information content (AvgIpc) is 3.09. The lowest BCUT2D eigenvalue weighted by Gasteiger charge is -2.06. The first-order chi connectivity index (χ1) is 13.1. The molecule has 136 valence electrons. The topological polar surface area (TPSA) is 77.9 Å². The number of nitrogens with one attached hydrogen (secondary N) is 2. The molecule has 0 spiro atoms. The number of carbonyl (C=O) groups excluding carboxylic acids is 1. The van der Waals surface area contributed by atoms with Crippen LogP contribution >= 0.6 is 0 Å². The van der Waals surface area contributed by atoms with Crippen LogP contribution in [0.15, 0.2) is 54.2 Å². The second-order valence-corrected chi connectivity index (χ2v) is 6.26. The first-order valence-electron chi connectivity index (χ1n) is 8.72. The number of nitriles is 1. The van der Waals surface area contributed by atoms with Crippen molar-refractivity contribution in [3.05, 3.63) is 70.9 Å². The molecular weight excluding hydrogens is 338 g/mol. The molecule has 0 saturated carbocycles. The van der Waals surface area contributed by atoms with Gasteiger partial charge in [-0.2, -0.15) is 5.26 Å². The molecule has 0 radical (unpaired) electrons. The number of benzene rings is 2. The Bertz CT molecular complexity index is 1040. The Morgan fingerprint density at radius 1 is 1.30 bits per heavy atom. The molecule has 0 aliphatic rings. The second-order valence-electron chi connectivity index (χ2n) is 6.26. The molecule has 3 rings (SSSR count). The molecule has 0 bridgehead atoms. The number of para-hydroxylation sites is 1. The highest BCUT2D eigenvalue weighted by Gasteiger charge is 2.10. The molecule has 2 N–H and O–H groups in total. The fraction of sp³-hybridized carbons (Fsp3) is 0.182. The van der Waals surface area contributed by atoms with Crippen LogP contribution in [-0.2, 0) is 11.2 Å². The Balaban J connectivity index is 1.65. The van der Waals surface area contributed by atoms with Crippen LogP contribution in [0.4, 0.5) is 0 Å². The van der Waals surface area contributed by atoms with Crippen molar-refractivity contribution in [2.75, 3.05) is 13.7 Å². The van der Waals surface area contributed by atoms with Gasteiger partial charge in [-0.25, -0.2) is 0 Å². The van der Waals surface area contributed by atoms with Gasteiger partial charge < -0.3 is 15.0 Å². The Kier molecular flexibility index (Phi) is 5.58. The molecule has 0 unspecified atom stereocenters. The highest BCUT2D eigenvalue weighted by atomic mass is 16.5. The van der Waals surface area contributed by atoms with Crippen molar-refractivity contribution in [1.82, 2.24) is 10.3 Å².